The summed E-state index contributed by atoms with van der Waals surface area (Å²) < 4.78 is 2.87. The van der Waals surface area contributed by atoms with Gasteiger partial charge in [-0.3, -0.25) is 9.77 Å². The normalized spacial score (nSPS) is 10.6. The monoisotopic (exact) mass is 331 g/mol. The molecule has 0 aliphatic heterocycles. The van der Waals surface area contributed by atoms with Crippen molar-refractivity contribution in [2.45, 2.75) is 0 Å². The maximum Gasteiger partial charge on any atom is 0.245 e. The Balaban J connectivity index is 1.68. The molecule has 0 spiro atoms. The summed E-state index contributed by atoms with van der Waals surface area (Å²) in [5.41, 5.74) is 1.68. The minimum absolute atomic E-state index is 0.427. The van der Waals surface area contributed by atoms with Gasteiger partial charge in [0.05, 0.1) is 0 Å². The van der Waals surface area contributed by atoms with Gasteiger partial charge in [0.15, 0.2) is 0 Å². The molecule has 0 radical (unpaired) electrons. The quantitative estimate of drug-likeness (QED) is 0.444. The lowest BCUT2D eigenvalue weighted by atomic mass is 10.2. The highest BCUT2D eigenvalue weighted by atomic mass is 16.5. The molecule has 0 aliphatic carbocycles. The number of hydrogen-bond donors (Lipinski definition) is 2. The van der Waals surface area contributed by atoms with E-state index in [1.165, 1.54) is 12.4 Å². The predicted molar refractivity (Wildman–Crippen MR) is 91.7 cm³/mol. The highest BCUT2D eigenvalue weighted by Gasteiger charge is 2.10. The maximum atomic E-state index is 9.48. The zero-order chi connectivity index (χ0) is 17.1. The van der Waals surface area contributed by atoms with Crippen LogP contribution in [-0.2, 0) is 0 Å². The lowest BCUT2D eigenvalue weighted by Gasteiger charge is -2.09. The molecule has 0 aliphatic rings. The first kappa shape index (κ1) is 14.8. The van der Waals surface area contributed by atoms with E-state index in [0.717, 1.165) is 16.1 Å². The largest absolute Gasteiger partial charge is 0.319 e. The van der Waals surface area contributed by atoms with Gasteiger partial charge in [-0.25, -0.2) is 9.97 Å². The molecule has 0 fully saturated rings. The summed E-state index contributed by atoms with van der Waals surface area (Å²) in [5.74, 6) is 1.93. The molecule has 25 heavy (non-hydrogen) atoms. The van der Waals surface area contributed by atoms with Crippen LogP contribution in [0.15, 0.2) is 79.5 Å². The van der Waals surface area contributed by atoms with Gasteiger partial charge in [-0.05, 0) is 12.1 Å². The summed E-state index contributed by atoms with van der Waals surface area (Å²) in [4.78, 5) is 13.2. The summed E-state index contributed by atoms with van der Waals surface area (Å²) in [6.07, 6.45) is 8.33. The van der Waals surface area contributed by atoms with Crippen molar-refractivity contribution in [3.05, 3.63) is 79.5 Å². The molecule has 0 unspecified atom stereocenters. The molecule has 4 aromatic rings. The molecule has 122 valence electrons. The molecular weight excluding hydrogens is 316 g/mol. The molecule has 7 nitrogen and oxygen atoms in total. The standard InChI is InChI=1S/C18H15N6O/c25-23-11-4-7-15(13-23)21-18-20-9-8-16(22-18)24-12-10-19-17(24)14-5-2-1-3-6-14/h1-13,25H,(H,20,21,22)/q+1. The smallest absolute Gasteiger partial charge is 0.245 e. The van der Waals surface area contributed by atoms with Gasteiger partial charge in [0, 0.05) is 35.0 Å². The zero-order valence-electron chi connectivity index (χ0n) is 13.2. The summed E-state index contributed by atoms with van der Waals surface area (Å²) >= 11 is 0. The second-order valence-electron chi connectivity index (χ2n) is 5.32. The van der Waals surface area contributed by atoms with Crippen LogP contribution in [0.4, 0.5) is 11.6 Å². The molecule has 0 bridgehead atoms. The fraction of sp³-hybridized carbons (Fsp3) is 0. The van der Waals surface area contributed by atoms with Crippen LogP contribution in [0.5, 0.6) is 0 Å². The third-order valence-electron chi connectivity index (χ3n) is 3.60. The number of nitrogens with one attached hydrogen (secondary N) is 1. The SMILES string of the molecule is O[n+]1cccc(Nc2nccc(-n3ccnc3-c3ccccc3)n2)c1. The maximum absolute atomic E-state index is 9.48. The van der Waals surface area contributed by atoms with Crippen LogP contribution < -0.4 is 10.0 Å². The van der Waals surface area contributed by atoms with Gasteiger partial charge in [0.2, 0.25) is 18.3 Å². The van der Waals surface area contributed by atoms with E-state index < -0.39 is 0 Å². The minimum atomic E-state index is 0.427. The molecule has 3 heterocycles. The zero-order valence-corrected chi connectivity index (χ0v) is 13.2. The number of nitrogens with zero attached hydrogens (tertiary/aromatic N) is 5. The van der Waals surface area contributed by atoms with E-state index in [9.17, 15) is 5.21 Å². The average molecular weight is 331 g/mol. The number of anilines is 2. The Labute approximate surface area is 143 Å². The second kappa shape index (κ2) is 6.40. The summed E-state index contributed by atoms with van der Waals surface area (Å²) in [6, 6.07) is 15.3. The molecule has 0 saturated heterocycles. The molecule has 3 aromatic heterocycles. The Kier molecular flexibility index (Phi) is 3.80. The first-order valence-electron chi connectivity index (χ1n) is 7.69. The van der Waals surface area contributed by atoms with Crippen molar-refractivity contribution in [2.24, 2.45) is 0 Å². The lowest BCUT2D eigenvalue weighted by Crippen LogP contribution is -2.28. The first-order valence-corrected chi connectivity index (χ1v) is 7.69. The van der Waals surface area contributed by atoms with Crippen LogP contribution in [0, 0.1) is 0 Å². The van der Waals surface area contributed by atoms with Crippen LogP contribution in [0.1, 0.15) is 0 Å². The fourth-order valence-electron chi connectivity index (χ4n) is 2.50. The van der Waals surface area contributed by atoms with Crippen molar-refractivity contribution in [1.29, 1.82) is 0 Å². The first-order chi connectivity index (χ1) is 12.3. The van der Waals surface area contributed by atoms with Crippen molar-refractivity contribution >= 4 is 11.6 Å². The average Bonchev–Trinajstić information content (AvgIpc) is 3.13. The van der Waals surface area contributed by atoms with Crippen molar-refractivity contribution < 1.29 is 9.94 Å². The number of pyridine rings is 1. The van der Waals surface area contributed by atoms with Crippen LogP contribution in [0.25, 0.3) is 17.2 Å². The Bertz CT molecular complexity index is 999. The molecule has 4 rings (SSSR count). The number of benzene rings is 1. The van der Waals surface area contributed by atoms with Crippen LogP contribution in [0.3, 0.4) is 0 Å². The van der Waals surface area contributed by atoms with Crippen molar-refractivity contribution in [2.75, 3.05) is 5.32 Å². The van der Waals surface area contributed by atoms with E-state index in [4.69, 9.17) is 0 Å². The Morgan fingerprint density at radius 2 is 1.84 bits per heavy atom. The Morgan fingerprint density at radius 3 is 2.68 bits per heavy atom. The van der Waals surface area contributed by atoms with Crippen LogP contribution >= 0.6 is 0 Å². The summed E-state index contributed by atoms with van der Waals surface area (Å²) in [7, 11) is 0. The highest BCUT2D eigenvalue weighted by Crippen LogP contribution is 2.20. The Hall–Kier alpha value is -3.74. The van der Waals surface area contributed by atoms with E-state index in [2.05, 4.69) is 20.3 Å². The number of hydrogen-bond acceptors (Lipinski definition) is 5. The van der Waals surface area contributed by atoms with Crippen molar-refractivity contribution in [3.8, 4) is 17.2 Å². The van der Waals surface area contributed by atoms with E-state index in [1.807, 2.05) is 53.2 Å². The fourth-order valence-corrected chi connectivity index (χ4v) is 2.50. The Morgan fingerprint density at radius 1 is 0.960 bits per heavy atom. The third-order valence-corrected chi connectivity index (χ3v) is 3.60. The van der Waals surface area contributed by atoms with Crippen LogP contribution in [0.2, 0.25) is 0 Å². The topological polar surface area (TPSA) is 79.7 Å². The third kappa shape index (κ3) is 3.16. The van der Waals surface area contributed by atoms with Crippen LogP contribution in [-0.4, -0.2) is 24.7 Å². The molecule has 7 heteroatoms. The molecule has 2 N–H and O–H groups in total. The van der Waals surface area contributed by atoms with Gasteiger partial charge in [-0.1, -0.05) is 30.3 Å². The predicted octanol–water partition coefficient (Wildman–Crippen LogP) is 2.60. The molecular formula is C18H15N6O+. The molecule has 0 amide bonds. The minimum Gasteiger partial charge on any atom is -0.319 e. The van der Waals surface area contributed by atoms with Gasteiger partial charge in [0.1, 0.15) is 17.3 Å². The van der Waals surface area contributed by atoms with E-state index >= 15 is 0 Å². The number of imidazole rings is 1. The van der Waals surface area contributed by atoms with Gasteiger partial charge < -0.3 is 5.32 Å². The van der Waals surface area contributed by atoms with Gasteiger partial charge >= 0.3 is 0 Å². The number of rotatable bonds is 4. The highest BCUT2D eigenvalue weighted by molar-refractivity contribution is 5.58. The van der Waals surface area contributed by atoms with Crippen molar-refractivity contribution in [3.63, 3.8) is 0 Å². The second-order valence-corrected chi connectivity index (χ2v) is 5.32. The van der Waals surface area contributed by atoms with Gasteiger partial charge in [0.25, 0.3) is 0 Å². The molecule has 0 atom stereocenters. The van der Waals surface area contributed by atoms with Gasteiger partial charge in [-0.2, -0.15) is 4.98 Å². The van der Waals surface area contributed by atoms with Gasteiger partial charge in [-0.15, -0.1) is 0 Å². The van der Waals surface area contributed by atoms with E-state index in [0.29, 0.717) is 17.5 Å². The lowest BCUT2D eigenvalue weighted by molar-refractivity contribution is -0.904. The molecule has 1 aromatic carbocycles. The molecule has 0 saturated carbocycles. The van der Waals surface area contributed by atoms with Crippen molar-refractivity contribution in [1.82, 2.24) is 19.5 Å². The van der Waals surface area contributed by atoms with E-state index in [1.54, 1.807) is 18.5 Å². The summed E-state index contributed by atoms with van der Waals surface area (Å²) in [5, 5.41) is 12.6. The summed E-state index contributed by atoms with van der Waals surface area (Å²) in [6.45, 7) is 0. The van der Waals surface area contributed by atoms with E-state index in [-0.39, 0.29) is 0 Å². The number of aromatic nitrogens is 5.